The number of carbonyl (C=O) groups is 1. The molecule has 0 aliphatic heterocycles. The van der Waals surface area contributed by atoms with E-state index in [1.807, 2.05) is 20.8 Å². The molecule has 2 nitrogen and oxygen atoms in total. The molecule has 0 rings (SSSR count). The van der Waals surface area contributed by atoms with Crippen LogP contribution in [0.2, 0.25) is 0 Å². The summed E-state index contributed by atoms with van der Waals surface area (Å²) in [6.45, 7) is 10.8. The molecule has 0 aliphatic carbocycles. The van der Waals surface area contributed by atoms with Crippen molar-refractivity contribution in [1.82, 2.24) is 0 Å². The first-order valence-corrected chi connectivity index (χ1v) is 5.57. The van der Waals surface area contributed by atoms with E-state index in [0.717, 1.165) is 19.3 Å². The van der Waals surface area contributed by atoms with E-state index in [1.54, 1.807) is 0 Å². The number of ether oxygens (including phenoxy) is 1. The van der Waals surface area contributed by atoms with Gasteiger partial charge in [-0.15, -0.1) is 0 Å². The van der Waals surface area contributed by atoms with Crippen molar-refractivity contribution in [2.75, 3.05) is 6.61 Å². The number of esters is 1. The lowest BCUT2D eigenvalue weighted by atomic mass is 9.91. The third-order valence-corrected chi connectivity index (χ3v) is 2.60. The average Bonchev–Trinajstić information content (AvgIpc) is 2.11. The standard InChI is InChI=1S/C12H24O2/c1-6-12(4,5)11(13)14-9-7-8-10(2)3/h10H,6-9H2,1-5H3. The molecule has 0 fully saturated rings. The normalized spacial score (nSPS) is 11.9. The molecule has 0 heterocycles. The molecule has 0 aromatic heterocycles. The molecule has 14 heavy (non-hydrogen) atoms. The molecule has 0 unspecified atom stereocenters. The quantitative estimate of drug-likeness (QED) is 0.485. The first-order valence-electron chi connectivity index (χ1n) is 5.57. The van der Waals surface area contributed by atoms with E-state index in [-0.39, 0.29) is 11.4 Å². The van der Waals surface area contributed by atoms with Crippen LogP contribution in [0.15, 0.2) is 0 Å². The fourth-order valence-electron chi connectivity index (χ4n) is 0.996. The SMILES string of the molecule is CCC(C)(C)C(=O)OCCCC(C)C. The molecule has 0 aromatic rings. The number of carbonyl (C=O) groups excluding carboxylic acids is 1. The minimum atomic E-state index is -0.322. The van der Waals surface area contributed by atoms with Gasteiger partial charge in [-0.05, 0) is 39.0 Å². The summed E-state index contributed by atoms with van der Waals surface area (Å²) in [4.78, 5) is 11.5. The summed E-state index contributed by atoms with van der Waals surface area (Å²) in [5.74, 6) is 0.622. The monoisotopic (exact) mass is 200 g/mol. The Morgan fingerprint density at radius 1 is 1.36 bits per heavy atom. The molecule has 0 radical (unpaired) electrons. The van der Waals surface area contributed by atoms with E-state index in [1.165, 1.54) is 0 Å². The zero-order valence-corrected chi connectivity index (χ0v) is 10.2. The number of hydrogen-bond donors (Lipinski definition) is 0. The van der Waals surface area contributed by atoms with Crippen LogP contribution in [0.5, 0.6) is 0 Å². The van der Waals surface area contributed by atoms with Gasteiger partial charge in [-0.3, -0.25) is 4.79 Å². The fraction of sp³-hybridized carbons (Fsp3) is 0.917. The van der Waals surface area contributed by atoms with Gasteiger partial charge in [0.15, 0.2) is 0 Å². The van der Waals surface area contributed by atoms with Crippen LogP contribution in [0.25, 0.3) is 0 Å². The van der Waals surface area contributed by atoms with Crippen molar-refractivity contribution in [2.45, 2.75) is 53.9 Å². The van der Waals surface area contributed by atoms with E-state index in [4.69, 9.17) is 4.74 Å². The Morgan fingerprint density at radius 2 is 1.93 bits per heavy atom. The Balaban J connectivity index is 3.64. The molecule has 0 aliphatic rings. The summed E-state index contributed by atoms with van der Waals surface area (Å²) in [5.41, 5.74) is -0.322. The van der Waals surface area contributed by atoms with E-state index >= 15 is 0 Å². The summed E-state index contributed by atoms with van der Waals surface area (Å²) in [5, 5.41) is 0. The predicted octanol–water partition coefficient (Wildman–Crippen LogP) is 3.40. The highest BCUT2D eigenvalue weighted by molar-refractivity contribution is 5.75. The highest BCUT2D eigenvalue weighted by Crippen LogP contribution is 2.21. The van der Waals surface area contributed by atoms with Gasteiger partial charge in [-0.1, -0.05) is 20.8 Å². The third kappa shape index (κ3) is 5.25. The van der Waals surface area contributed by atoms with Gasteiger partial charge in [0.2, 0.25) is 0 Å². The predicted molar refractivity (Wildman–Crippen MR) is 59.1 cm³/mol. The van der Waals surface area contributed by atoms with Crippen LogP contribution >= 0.6 is 0 Å². The average molecular weight is 200 g/mol. The van der Waals surface area contributed by atoms with Crippen molar-refractivity contribution in [1.29, 1.82) is 0 Å². The van der Waals surface area contributed by atoms with Crippen LogP contribution in [0.1, 0.15) is 53.9 Å². The van der Waals surface area contributed by atoms with E-state index < -0.39 is 0 Å². The summed E-state index contributed by atoms with van der Waals surface area (Å²) in [6, 6.07) is 0. The van der Waals surface area contributed by atoms with Crippen LogP contribution in [0.3, 0.4) is 0 Å². The van der Waals surface area contributed by atoms with Gasteiger partial charge in [0.1, 0.15) is 0 Å². The summed E-state index contributed by atoms with van der Waals surface area (Å²) < 4.78 is 5.21. The van der Waals surface area contributed by atoms with Crippen LogP contribution in [-0.2, 0) is 9.53 Å². The van der Waals surface area contributed by atoms with Crippen molar-refractivity contribution in [3.05, 3.63) is 0 Å². The Hall–Kier alpha value is -0.530. The second kappa shape index (κ2) is 6.05. The van der Waals surface area contributed by atoms with E-state index in [0.29, 0.717) is 12.5 Å². The fourth-order valence-corrected chi connectivity index (χ4v) is 0.996. The van der Waals surface area contributed by atoms with Gasteiger partial charge < -0.3 is 4.74 Å². The maximum atomic E-state index is 11.5. The van der Waals surface area contributed by atoms with Crippen molar-refractivity contribution >= 4 is 5.97 Å². The first kappa shape index (κ1) is 13.5. The van der Waals surface area contributed by atoms with Crippen molar-refractivity contribution < 1.29 is 9.53 Å². The molecule has 0 spiro atoms. The molecule has 0 amide bonds. The summed E-state index contributed by atoms with van der Waals surface area (Å²) in [6.07, 6.45) is 2.93. The molecule has 0 atom stereocenters. The molecule has 2 heteroatoms. The summed E-state index contributed by atoms with van der Waals surface area (Å²) >= 11 is 0. The topological polar surface area (TPSA) is 26.3 Å². The Kier molecular flexibility index (Phi) is 5.82. The van der Waals surface area contributed by atoms with Crippen LogP contribution in [-0.4, -0.2) is 12.6 Å². The maximum Gasteiger partial charge on any atom is 0.311 e. The lowest BCUT2D eigenvalue weighted by Gasteiger charge is -2.20. The Bertz CT molecular complexity index is 171. The van der Waals surface area contributed by atoms with Gasteiger partial charge in [0, 0.05) is 0 Å². The number of rotatable bonds is 6. The molecule has 0 saturated carbocycles. The van der Waals surface area contributed by atoms with Crippen LogP contribution in [0, 0.1) is 11.3 Å². The molecule has 0 N–H and O–H groups in total. The maximum absolute atomic E-state index is 11.5. The van der Waals surface area contributed by atoms with Gasteiger partial charge in [0.05, 0.1) is 12.0 Å². The lowest BCUT2D eigenvalue weighted by molar-refractivity contribution is -0.154. The van der Waals surface area contributed by atoms with Crippen molar-refractivity contribution in [2.24, 2.45) is 11.3 Å². The van der Waals surface area contributed by atoms with Gasteiger partial charge in [-0.25, -0.2) is 0 Å². The highest BCUT2D eigenvalue weighted by Gasteiger charge is 2.26. The lowest BCUT2D eigenvalue weighted by Crippen LogP contribution is -2.26. The first-order chi connectivity index (χ1) is 6.40. The highest BCUT2D eigenvalue weighted by atomic mass is 16.5. The third-order valence-electron chi connectivity index (χ3n) is 2.60. The number of hydrogen-bond acceptors (Lipinski definition) is 2. The largest absolute Gasteiger partial charge is 0.465 e. The van der Waals surface area contributed by atoms with Crippen molar-refractivity contribution in [3.8, 4) is 0 Å². The molecule has 0 saturated heterocycles. The van der Waals surface area contributed by atoms with Crippen molar-refractivity contribution in [3.63, 3.8) is 0 Å². The second-order valence-electron chi connectivity index (χ2n) is 4.91. The molecular weight excluding hydrogens is 176 g/mol. The smallest absolute Gasteiger partial charge is 0.311 e. The molecule has 84 valence electrons. The summed E-state index contributed by atoms with van der Waals surface area (Å²) in [7, 11) is 0. The van der Waals surface area contributed by atoms with E-state index in [9.17, 15) is 4.79 Å². The second-order valence-corrected chi connectivity index (χ2v) is 4.91. The van der Waals surface area contributed by atoms with Gasteiger partial charge >= 0.3 is 5.97 Å². The van der Waals surface area contributed by atoms with E-state index in [2.05, 4.69) is 13.8 Å². The molecule has 0 bridgehead atoms. The molecule has 0 aromatic carbocycles. The Labute approximate surface area is 88.0 Å². The zero-order valence-electron chi connectivity index (χ0n) is 10.2. The van der Waals surface area contributed by atoms with Gasteiger partial charge in [0.25, 0.3) is 0 Å². The minimum Gasteiger partial charge on any atom is -0.465 e. The Morgan fingerprint density at radius 3 is 2.36 bits per heavy atom. The van der Waals surface area contributed by atoms with Gasteiger partial charge in [-0.2, -0.15) is 0 Å². The molecular formula is C12H24O2. The van der Waals surface area contributed by atoms with Crippen LogP contribution in [0.4, 0.5) is 0 Å². The zero-order chi connectivity index (χ0) is 11.2. The minimum absolute atomic E-state index is 0.0660. The van der Waals surface area contributed by atoms with Crippen LogP contribution < -0.4 is 0 Å².